The van der Waals surface area contributed by atoms with Gasteiger partial charge in [0.25, 0.3) is 5.56 Å². The topological polar surface area (TPSA) is 238 Å². The molecule has 0 aromatic carbocycles. The lowest BCUT2D eigenvalue weighted by atomic mass is 10.1. The molecule has 198 valence electrons. The summed E-state index contributed by atoms with van der Waals surface area (Å²) < 4.78 is 59.3. The van der Waals surface area contributed by atoms with Gasteiger partial charge in [-0.05, 0) is 6.42 Å². The molecule has 0 aliphatic carbocycles. The molecule has 2 aliphatic heterocycles. The zero-order chi connectivity index (χ0) is 26.5. The smallest absolute Gasteiger partial charge is 0.490 e. The van der Waals surface area contributed by atoms with Gasteiger partial charge in [0.1, 0.15) is 23.6 Å². The molecule has 2 aromatic heterocycles. The van der Waals surface area contributed by atoms with Gasteiger partial charge < -0.3 is 38.9 Å². The van der Waals surface area contributed by atoms with E-state index < -0.39 is 48.0 Å². The Hall–Kier alpha value is -2.00. The van der Waals surface area contributed by atoms with Crippen molar-refractivity contribution < 1.29 is 55.9 Å². The Balaban J connectivity index is 1.53. The minimum absolute atomic E-state index is 0.186. The zero-order valence-corrected chi connectivity index (χ0v) is 21.2. The first kappa shape index (κ1) is 27.0. The fourth-order valence-corrected chi connectivity index (χ4v) is 6.97. The number of ether oxygens (including phenoxy) is 2. The Bertz CT molecular complexity index is 1420. The van der Waals surface area contributed by atoms with E-state index in [2.05, 4.69) is 28.4 Å². The molecule has 0 saturated carbocycles. The highest BCUT2D eigenvalue weighted by atomic mass is 31.3. The number of anilines is 1. The van der Waals surface area contributed by atoms with E-state index in [0.29, 0.717) is 23.0 Å². The molecule has 0 amide bonds. The molecule has 5 N–H and O–H groups in total. The maximum atomic E-state index is 12.1. The summed E-state index contributed by atoms with van der Waals surface area (Å²) in [6, 6.07) is 1.23. The molecule has 2 unspecified atom stereocenters. The van der Waals surface area contributed by atoms with Crippen molar-refractivity contribution in [3.8, 4) is 5.75 Å². The van der Waals surface area contributed by atoms with Crippen LogP contribution in [0.5, 0.6) is 5.75 Å². The van der Waals surface area contributed by atoms with E-state index in [1.165, 1.54) is 19.5 Å². The summed E-state index contributed by atoms with van der Waals surface area (Å²) in [5, 5.41) is 3.88. The molecule has 2 aromatic rings. The summed E-state index contributed by atoms with van der Waals surface area (Å²) in [7, 11) is -15.0. The molecule has 0 spiro atoms. The van der Waals surface area contributed by atoms with Gasteiger partial charge in [0.15, 0.2) is 0 Å². The van der Waals surface area contributed by atoms with Gasteiger partial charge in [0, 0.05) is 23.6 Å². The van der Waals surface area contributed by atoms with Gasteiger partial charge in [-0.15, -0.1) is 0 Å². The van der Waals surface area contributed by atoms with Crippen LogP contribution < -0.4 is 15.6 Å². The lowest BCUT2D eigenvalue weighted by Crippen LogP contribution is -2.17. The molecule has 1 fully saturated rings. The van der Waals surface area contributed by atoms with Crippen LogP contribution >= 0.6 is 23.5 Å². The summed E-state index contributed by atoms with van der Waals surface area (Å²) in [5.41, 5.74) is -0.518. The number of rotatable bonds is 9. The molecule has 0 radical (unpaired) electrons. The first-order valence-electron chi connectivity index (χ1n) is 10.0. The number of methoxy groups -OCH3 is 1. The molecule has 0 bridgehead atoms. The van der Waals surface area contributed by atoms with Crippen molar-refractivity contribution >= 4 is 52.2 Å². The van der Waals surface area contributed by atoms with Gasteiger partial charge in [-0.3, -0.25) is 9.32 Å². The average molecular weight is 570 g/mol. The first-order chi connectivity index (χ1) is 16.7. The van der Waals surface area contributed by atoms with Gasteiger partial charge in [0.05, 0.1) is 31.5 Å². The summed E-state index contributed by atoms with van der Waals surface area (Å²) >= 11 is 0. The predicted octanol–water partition coefficient (Wildman–Crippen LogP) is 1.76. The monoisotopic (exact) mass is 570 g/mol. The van der Waals surface area contributed by atoms with Crippen LogP contribution in [-0.4, -0.2) is 55.3 Å². The number of aromatic nitrogens is 2. The summed E-state index contributed by atoms with van der Waals surface area (Å²) in [4.78, 5) is 56.5. The van der Waals surface area contributed by atoms with Crippen LogP contribution in [0.3, 0.4) is 0 Å². The van der Waals surface area contributed by atoms with E-state index in [1.54, 1.807) is 10.8 Å². The molecule has 5 atom stereocenters. The van der Waals surface area contributed by atoms with Crippen LogP contribution in [0.15, 0.2) is 22.1 Å². The number of phosphoric ester groups is 1. The summed E-state index contributed by atoms with van der Waals surface area (Å²) in [5.74, 6) is 0.777. The average Bonchev–Trinajstić information content (AvgIpc) is 3.24. The molecular formula is C16H21N4O13P3. The SMILES string of the molecule is COc1cc(=O)nc2c3c(n([C@@H]4O[C@H](COP(=O)(O)OP(=O)(O)OP(=O)(O)O)C[C@@H]4C)cc13)N=CN2. The third-order valence-electron chi connectivity index (χ3n) is 5.16. The van der Waals surface area contributed by atoms with Crippen LogP contribution in [0.2, 0.25) is 0 Å². The van der Waals surface area contributed by atoms with E-state index in [-0.39, 0.29) is 17.5 Å². The van der Waals surface area contributed by atoms with E-state index >= 15 is 0 Å². The van der Waals surface area contributed by atoms with Crippen molar-refractivity contribution in [1.82, 2.24) is 9.55 Å². The first-order valence-corrected chi connectivity index (χ1v) is 14.6. The van der Waals surface area contributed by atoms with Crippen LogP contribution in [0, 0.1) is 5.92 Å². The maximum absolute atomic E-state index is 12.1. The molecule has 2 aliphatic rings. The van der Waals surface area contributed by atoms with Crippen LogP contribution in [0.25, 0.3) is 10.8 Å². The molecule has 17 nitrogen and oxygen atoms in total. The summed E-state index contributed by atoms with van der Waals surface area (Å²) in [6.07, 6.45) is 1.91. The van der Waals surface area contributed by atoms with Crippen LogP contribution in [0.1, 0.15) is 19.6 Å². The van der Waals surface area contributed by atoms with Crippen LogP contribution in [-0.2, 0) is 31.6 Å². The van der Waals surface area contributed by atoms with Crippen LogP contribution in [0.4, 0.5) is 11.6 Å². The van der Waals surface area contributed by atoms with Gasteiger partial charge in [0.2, 0.25) is 0 Å². The molecule has 1 saturated heterocycles. The van der Waals surface area contributed by atoms with E-state index in [9.17, 15) is 28.3 Å². The third kappa shape index (κ3) is 5.93. The van der Waals surface area contributed by atoms with Gasteiger partial charge >= 0.3 is 23.5 Å². The second-order valence-electron chi connectivity index (χ2n) is 7.81. The van der Waals surface area contributed by atoms with Gasteiger partial charge in [-0.1, -0.05) is 6.92 Å². The largest absolute Gasteiger partial charge is 0.496 e. The number of hydrogen-bond acceptors (Lipinski definition) is 12. The second-order valence-corrected chi connectivity index (χ2v) is 12.2. The molecule has 4 rings (SSSR count). The number of aliphatic imine (C=N–C) groups is 1. The Labute approximate surface area is 202 Å². The van der Waals surface area contributed by atoms with Crippen molar-refractivity contribution in [3.05, 3.63) is 22.6 Å². The zero-order valence-electron chi connectivity index (χ0n) is 18.5. The van der Waals surface area contributed by atoms with Gasteiger partial charge in [-0.2, -0.15) is 13.6 Å². The third-order valence-corrected chi connectivity index (χ3v) is 8.96. The maximum Gasteiger partial charge on any atom is 0.490 e. The molecule has 4 heterocycles. The fraction of sp³-hybridized carbons (Fsp3) is 0.438. The lowest BCUT2D eigenvalue weighted by Gasteiger charge is -2.20. The summed E-state index contributed by atoms with van der Waals surface area (Å²) in [6.45, 7) is 1.26. The Morgan fingerprint density at radius 2 is 1.92 bits per heavy atom. The van der Waals surface area contributed by atoms with Gasteiger partial charge in [-0.25, -0.2) is 18.7 Å². The quantitative estimate of drug-likeness (QED) is 0.270. The Morgan fingerprint density at radius 1 is 1.19 bits per heavy atom. The van der Waals surface area contributed by atoms with E-state index in [1.807, 2.05) is 6.92 Å². The van der Waals surface area contributed by atoms with Crippen molar-refractivity contribution in [2.24, 2.45) is 10.9 Å². The highest BCUT2D eigenvalue weighted by molar-refractivity contribution is 7.66. The Kier molecular flexibility index (Phi) is 7.29. The highest BCUT2D eigenvalue weighted by Gasteiger charge is 2.42. The minimum Gasteiger partial charge on any atom is -0.496 e. The molecule has 36 heavy (non-hydrogen) atoms. The number of nitrogens with one attached hydrogen (secondary N) is 1. The molecule has 20 heteroatoms. The van der Waals surface area contributed by atoms with Crippen molar-refractivity contribution in [2.45, 2.75) is 25.7 Å². The highest BCUT2D eigenvalue weighted by Crippen LogP contribution is 2.66. The van der Waals surface area contributed by atoms with E-state index in [4.69, 9.17) is 19.3 Å². The standard InChI is InChI=1S/C16H21N4O13P3/c1-8-3-9(6-30-35(25,26)33-36(27,28)32-34(22,23)24)31-16(8)20-5-10-11(29-2)4-12(21)19-14-13(10)15(20)18-7-17-14/h4-5,7-9,16H,3,6H2,1-2H3,(H,25,26)(H,27,28)(H2,22,23,24)(H,17,18,19,21)/t8-,9-,16+/m0/s1. The molecular weight excluding hydrogens is 549 g/mol. The van der Waals surface area contributed by atoms with E-state index in [0.717, 1.165) is 0 Å². The number of nitrogens with zero attached hydrogens (tertiary/aromatic N) is 3. The Morgan fingerprint density at radius 3 is 2.58 bits per heavy atom. The number of hydrogen-bond donors (Lipinski definition) is 5. The predicted molar refractivity (Wildman–Crippen MR) is 122 cm³/mol. The second kappa shape index (κ2) is 9.71. The normalized spacial score (nSPS) is 24.8. The number of phosphoric acid groups is 3. The van der Waals surface area contributed by atoms with Crippen molar-refractivity contribution in [2.75, 3.05) is 19.0 Å². The lowest BCUT2D eigenvalue weighted by molar-refractivity contribution is -0.0295. The minimum atomic E-state index is -5.62. The fourth-order valence-electron chi connectivity index (χ4n) is 3.92. The van der Waals surface area contributed by atoms with Crippen molar-refractivity contribution in [1.29, 1.82) is 0 Å². The van der Waals surface area contributed by atoms with Crippen molar-refractivity contribution in [3.63, 3.8) is 0 Å².